The lowest BCUT2D eigenvalue weighted by molar-refractivity contribution is -0.132. The van der Waals surface area contributed by atoms with Gasteiger partial charge in [0.05, 0.1) is 5.92 Å². The second kappa shape index (κ2) is 5.45. The van der Waals surface area contributed by atoms with Crippen LogP contribution in [-0.2, 0) is 4.79 Å². The zero-order chi connectivity index (χ0) is 12.3. The normalized spacial score (nSPS) is 17.8. The van der Waals surface area contributed by atoms with Gasteiger partial charge < -0.3 is 10.6 Å². The number of nitrogen functional groups attached to an aromatic ring is 1. The molecule has 3 nitrogen and oxygen atoms in total. The van der Waals surface area contributed by atoms with Crippen molar-refractivity contribution in [2.75, 3.05) is 30.3 Å². The molecule has 1 aliphatic heterocycles. The molecule has 1 aromatic carbocycles. The fraction of sp³-hybridized carbons (Fsp3) is 0.462. The summed E-state index contributed by atoms with van der Waals surface area (Å²) >= 11 is 1.91. The van der Waals surface area contributed by atoms with Crippen molar-refractivity contribution in [3.05, 3.63) is 29.8 Å². The van der Waals surface area contributed by atoms with Crippen LogP contribution in [-0.4, -0.2) is 35.4 Å². The topological polar surface area (TPSA) is 46.3 Å². The van der Waals surface area contributed by atoms with Crippen molar-refractivity contribution in [2.24, 2.45) is 0 Å². The number of carbonyl (C=O) groups excluding carboxylic acids is 1. The van der Waals surface area contributed by atoms with E-state index in [1.807, 2.05) is 47.9 Å². The summed E-state index contributed by atoms with van der Waals surface area (Å²) in [7, 11) is 0. The molecule has 2 rings (SSSR count). The molecule has 0 spiro atoms. The number of nitrogens with two attached hydrogens (primary N) is 1. The first-order valence-electron chi connectivity index (χ1n) is 5.90. The molecule has 1 heterocycles. The van der Waals surface area contributed by atoms with Crippen molar-refractivity contribution in [1.82, 2.24) is 4.90 Å². The van der Waals surface area contributed by atoms with Crippen LogP contribution in [0, 0.1) is 0 Å². The Balaban J connectivity index is 2.08. The van der Waals surface area contributed by atoms with Crippen LogP contribution in [0.25, 0.3) is 0 Å². The predicted molar refractivity (Wildman–Crippen MR) is 73.2 cm³/mol. The smallest absolute Gasteiger partial charge is 0.229 e. The van der Waals surface area contributed by atoms with E-state index in [0.29, 0.717) is 0 Å². The highest BCUT2D eigenvalue weighted by molar-refractivity contribution is 7.99. The number of benzene rings is 1. The highest BCUT2D eigenvalue weighted by Gasteiger charge is 2.23. The van der Waals surface area contributed by atoms with Crippen molar-refractivity contribution in [2.45, 2.75) is 12.8 Å². The van der Waals surface area contributed by atoms with Crippen LogP contribution in [0.2, 0.25) is 0 Å². The maximum atomic E-state index is 12.3. The lowest BCUT2D eigenvalue weighted by atomic mass is 9.99. The van der Waals surface area contributed by atoms with E-state index in [1.165, 1.54) is 0 Å². The maximum Gasteiger partial charge on any atom is 0.229 e. The monoisotopic (exact) mass is 250 g/mol. The number of hydrogen-bond donors (Lipinski definition) is 1. The summed E-state index contributed by atoms with van der Waals surface area (Å²) in [4.78, 5) is 14.2. The van der Waals surface area contributed by atoms with Gasteiger partial charge in [0, 0.05) is 30.3 Å². The molecule has 1 atom stereocenters. The molecule has 1 aliphatic rings. The molecule has 0 bridgehead atoms. The zero-order valence-electron chi connectivity index (χ0n) is 10.1. The molecule has 1 aromatic rings. The van der Waals surface area contributed by atoms with Gasteiger partial charge in [-0.05, 0) is 24.6 Å². The lowest BCUT2D eigenvalue weighted by Gasteiger charge is -2.29. The van der Waals surface area contributed by atoms with Crippen molar-refractivity contribution in [1.29, 1.82) is 0 Å². The van der Waals surface area contributed by atoms with Crippen LogP contribution in [0.4, 0.5) is 5.69 Å². The standard InChI is InChI=1S/C13H18N2OS/c1-10(11-3-2-4-12(14)9-11)13(16)15-5-7-17-8-6-15/h2-4,9-10H,5-8,14H2,1H3. The lowest BCUT2D eigenvalue weighted by Crippen LogP contribution is -2.40. The van der Waals surface area contributed by atoms with Gasteiger partial charge in [0.25, 0.3) is 0 Å². The number of thioether (sulfide) groups is 1. The summed E-state index contributed by atoms with van der Waals surface area (Å²) in [5.41, 5.74) is 7.47. The fourth-order valence-corrected chi connectivity index (χ4v) is 2.93. The maximum absolute atomic E-state index is 12.3. The highest BCUT2D eigenvalue weighted by atomic mass is 32.2. The van der Waals surface area contributed by atoms with E-state index < -0.39 is 0 Å². The molecule has 1 fully saturated rings. The molecule has 0 aliphatic carbocycles. The van der Waals surface area contributed by atoms with Gasteiger partial charge in [0.15, 0.2) is 0 Å². The van der Waals surface area contributed by atoms with Crippen molar-refractivity contribution < 1.29 is 4.79 Å². The van der Waals surface area contributed by atoms with Gasteiger partial charge in [-0.1, -0.05) is 12.1 Å². The largest absolute Gasteiger partial charge is 0.399 e. The number of anilines is 1. The SMILES string of the molecule is CC(C(=O)N1CCSCC1)c1cccc(N)c1. The molecule has 0 aromatic heterocycles. The number of carbonyl (C=O) groups is 1. The molecular weight excluding hydrogens is 232 g/mol. The third-order valence-electron chi connectivity index (χ3n) is 3.10. The Labute approximate surface area is 106 Å². The number of nitrogens with zero attached hydrogens (tertiary/aromatic N) is 1. The van der Waals surface area contributed by atoms with E-state index in [1.54, 1.807) is 0 Å². The molecule has 1 saturated heterocycles. The second-order valence-electron chi connectivity index (χ2n) is 4.33. The summed E-state index contributed by atoms with van der Waals surface area (Å²) in [6.07, 6.45) is 0. The average molecular weight is 250 g/mol. The third-order valence-corrected chi connectivity index (χ3v) is 4.05. The Morgan fingerprint density at radius 3 is 2.76 bits per heavy atom. The molecule has 92 valence electrons. The van der Waals surface area contributed by atoms with Crippen molar-refractivity contribution >= 4 is 23.4 Å². The van der Waals surface area contributed by atoms with Gasteiger partial charge in [-0.25, -0.2) is 0 Å². The van der Waals surface area contributed by atoms with Gasteiger partial charge in [-0.15, -0.1) is 0 Å². The number of hydrogen-bond acceptors (Lipinski definition) is 3. The van der Waals surface area contributed by atoms with Crippen LogP contribution < -0.4 is 5.73 Å². The molecule has 4 heteroatoms. The molecule has 2 N–H and O–H groups in total. The zero-order valence-corrected chi connectivity index (χ0v) is 10.9. The Hall–Kier alpha value is -1.16. The summed E-state index contributed by atoms with van der Waals surface area (Å²) in [6.45, 7) is 3.70. The van der Waals surface area contributed by atoms with Crippen LogP contribution >= 0.6 is 11.8 Å². The van der Waals surface area contributed by atoms with Crippen LogP contribution in [0.1, 0.15) is 18.4 Å². The Morgan fingerprint density at radius 2 is 2.12 bits per heavy atom. The van der Waals surface area contributed by atoms with Gasteiger partial charge in [0.1, 0.15) is 0 Å². The first kappa shape index (κ1) is 12.3. The summed E-state index contributed by atoms with van der Waals surface area (Å²) < 4.78 is 0. The second-order valence-corrected chi connectivity index (χ2v) is 5.55. The van der Waals surface area contributed by atoms with Gasteiger partial charge in [-0.2, -0.15) is 11.8 Å². The molecule has 0 radical (unpaired) electrons. The van der Waals surface area contributed by atoms with Gasteiger partial charge >= 0.3 is 0 Å². The van der Waals surface area contributed by atoms with E-state index in [4.69, 9.17) is 5.73 Å². The molecule has 0 saturated carbocycles. The quantitative estimate of drug-likeness (QED) is 0.816. The highest BCUT2D eigenvalue weighted by Crippen LogP contribution is 2.21. The first-order chi connectivity index (χ1) is 8.18. The fourth-order valence-electron chi connectivity index (χ4n) is 2.03. The molecule has 1 amide bonds. The third kappa shape index (κ3) is 2.94. The van der Waals surface area contributed by atoms with Crippen molar-refractivity contribution in [3.8, 4) is 0 Å². The van der Waals surface area contributed by atoms with E-state index in [0.717, 1.165) is 35.8 Å². The Bertz CT molecular complexity index is 402. The van der Waals surface area contributed by atoms with E-state index in [-0.39, 0.29) is 11.8 Å². The number of amides is 1. The Morgan fingerprint density at radius 1 is 1.41 bits per heavy atom. The van der Waals surface area contributed by atoms with Crippen LogP contribution in [0.5, 0.6) is 0 Å². The first-order valence-corrected chi connectivity index (χ1v) is 7.06. The van der Waals surface area contributed by atoms with Crippen molar-refractivity contribution in [3.63, 3.8) is 0 Å². The average Bonchev–Trinajstić information content (AvgIpc) is 2.38. The summed E-state index contributed by atoms with van der Waals surface area (Å²) in [5, 5.41) is 0. The van der Waals surface area contributed by atoms with E-state index in [2.05, 4.69) is 0 Å². The Kier molecular flexibility index (Phi) is 3.94. The molecule has 1 unspecified atom stereocenters. The van der Waals surface area contributed by atoms with E-state index >= 15 is 0 Å². The van der Waals surface area contributed by atoms with Crippen LogP contribution in [0.15, 0.2) is 24.3 Å². The van der Waals surface area contributed by atoms with E-state index in [9.17, 15) is 4.79 Å². The predicted octanol–water partition coefficient (Wildman–Crippen LogP) is 1.95. The van der Waals surface area contributed by atoms with Crippen LogP contribution in [0.3, 0.4) is 0 Å². The minimum Gasteiger partial charge on any atom is -0.399 e. The minimum absolute atomic E-state index is 0.0957. The molecule has 17 heavy (non-hydrogen) atoms. The summed E-state index contributed by atoms with van der Waals surface area (Å²) in [5.74, 6) is 2.22. The number of rotatable bonds is 2. The molecular formula is C13H18N2OS. The van der Waals surface area contributed by atoms with Gasteiger partial charge in [0.2, 0.25) is 5.91 Å². The summed E-state index contributed by atoms with van der Waals surface area (Å²) in [6, 6.07) is 7.61. The minimum atomic E-state index is -0.0957. The van der Waals surface area contributed by atoms with Gasteiger partial charge in [-0.3, -0.25) is 4.79 Å².